The molecule has 3 aromatic carbocycles. The van der Waals surface area contributed by atoms with E-state index in [4.69, 9.17) is 13.6 Å². The smallest absolute Gasteiger partial charge is 0.343 e. The van der Waals surface area contributed by atoms with Crippen LogP contribution < -0.4 is 9.47 Å². The second-order valence-corrected chi connectivity index (χ2v) is 24.7. The molecule has 0 aliphatic rings. The van der Waals surface area contributed by atoms with E-state index in [1.807, 2.05) is 37.3 Å². The van der Waals surface area contributed by atoms with Crippen molar-refractivity contribution in [1.82, 2.24) is 0 Å². The lowest BCUT2D eigenvalue weighted by atomic mass is 10.0. The van der Waals surface area contributed by atoms with Crippen LogP contribution in [-0.2, 0) is 10.5 Å². The lowest BCUT2D eigenvalue weighted by molar-refractivity contribution is -0.386. The van der Waals surface area contributed by atoms with Gasteiger partial charge in [-0.15, -0.1) is 0 Å². The van der Waals surface area contributed by atoms with Gasteiger partial charge < -0.3 is 13.6 Å². The average Bonchev–Trinajstić information content (AvgIpc) is 3.07. The standard InChI is InChI=1S/C42H63NO6Si2/c1-8-9-10-11-12-13-14-15-16-17-21-35-22-24-37(25-23-35)42(44)48-39-29-26-36(27-30-39)38-28-31-41(40(33-38)43(45)46)47-34(2)20-18-19-32-51(6,7)49-50(3,4)5/h22-31,33-34H,8-21,32H2,1-7H3/t34-/m0/s1. The van der Waals surface area contributed by atoms with Crippen molar-refractivity contribution < 1.29 is 23.3 Å². The van der Waals surface area contributed by atoms with E-state index in [2.05, 4.69) is 39.7 Å². The third kappa shape index (κ3) is 16.3. The minimum Gasteiger partial charge on any atom is -0.484 e. The lowest BCUT2D eigenvalue weighted by Gasteiger charge is -2.31. The molecule has 0 saturated heterocycles. The molecular formula is C42H63NO6Si2. The molecule has 0 bridgehead atoms. The van der Waals surface area contributed by atoms with Gasteiger partial charge in [0.15, 0.2) is 22.4 Å². The zero-order chi connectivity index (χ0) is 37.3. The highest BCUT2D eigenvalue weighted by atomic mass is 28.4. The zero-order valence-corrected chi connectivity index (χ0v) is 34.4. The summed E-state index contributed by atoms with van der Waals surface area (Å²) in [7, 11) is -3.23. The summed E-state index contributed by atoms with van der Waals surface area (Å²) in [5, 5.41) is 12.0. The molecule has 280 valence electrons. The maximum absolute atomic E-state index is 12.8. The predicted octanol–water partition coefficient (Wildman–Crippen LogP) is 12.9. The molecule has 0 aromatic heterocycles. The Morgan fingerprint density at radius 1 is 0.745 bits per heavy atom. The number of hydrogen-bond donors (Lipinski definition) is 0. The van der Waals surface area contributed by atoms with Crippen LogP contribution in [0.1, 0.15) is 113 Å². The van der Waals surface area contributed by atoms with Gasteiger partial charge in [0.1, 0.15) is 5.75 Å². The Labute approximate surface area is 309 Å². The molecule has 1 atom stereocenters. The third-order valence-corrected chi connectivity index (χ3v) is 15.3. The number of nitro groups is 1. The molecule has 0 unspecified atom stereocenters. The summed E-state index contributed by atoms with van der Waals surface area (Å²) in [5.74, 6) is 0.276. The summed E-state index contributed by atoms with van der Waals surface area (Å²) in [5.41, 5.74) is 3.14. The number of rotatable bonds is 24. The maximum atomic E-state index is 12.8. The first-order valence-corrected chi connectivity index (χ1v) is 25.9. The number of ether oxygens (including phenoxy) is 2. The van der Waals surface area contributed by atoms with E-state index < -0.39 is 27.5 Å². The number of benzene rings is 3. The third-order valence-electron chi connectivity index (χ3n) is 9.11. The van der Waals surface area contributed by atoms with Crippen molar-refractivity contribution in [3.05, 3.63) is 88.0 Å². The minimum atomic E-state index is -1.68. The van der Waals surface area contributed by atoms with E-state index in [-0.39, 0.29) is 17.5 Å². The molecule has 0 N–H and O–H groups in total. The molecular weight excluding hydrogens is 671 g/mol. The molecule has 0 radical (unpaired) electrons. The van der Waals surface area contributed by atoms with Crippen molar-refractivity contribution >= 4 is 28.3 Å². The SMILES string of the molecule is CCCCCCCCCCCCc1ccc(C(=O)Oc2ccc(-c3ccc(O[C@@H](C)CCCC[Si](C)(C)O[Si](C)(C)C)c([N+](=O)[O-])c3)cc2)cc1. The number of carbonyl (C=O) groups excluding carboxylic acids is 1. The normalized spacial score (nSPS) is 12.5. The Hall–Kier alpha value is -3.28. The van der Waals surface area contributed by atoms with Crippen molar-refractivity contribution in [3.63, 3.8) is 0 Å². The lowest BCUT2D eigenvalue weighted by Crippen LogP contribution is -2.42. The molecule has 0 aliphatic heterocycles. The first kappa shape index (κ1) is 42.1. The Morgan fingerprint density at radius 3 is 1.92 bits per heavy atom. The van der Waals surface area contributed by atoms with Crippen LogP contribution in [0.15, 0.2) is 66.7 Å². The summed E-state index contributed by atoms with van der Waals surface area (Å²) in [6.07, 6.45) is 16.9. The summed E-state index contributed by atoms with van der Waals surface area (Å²) < 4.78 is 18.1. The highest BCUT2D eigenvalue weighted by molar-refractivity contribution is 6.84. The second kappa shape index (κ2) is 21.3. The van der Waals surface area contributed by atoms with Gasteiger partial charge in [0.05, 0.1) is 16.6 Å². The van der Waals surface area contributed by atoms with Crippen LogP contribution >= 0.6 is 0 Å². The number of esters is 1. The van der Waals surface area contributed by atoms with Gasteiger partial charge >= 0.3 is 11.7 Å². The van der Waals surface area contributed by atoms with E-state index in [0.29, 0.717) is 16.9 Å². The molecule has 9 heteroatoms. The van der Waals surface area contributed by atoms with Crippen molar-refractivity contribution in [2.75, 3.05) is 0 Å². The number of nitro benzene ring substituents is 1. The van der Waals surface area contributed by atoms with E-state index in [1.165, 1.54) is 69.8 Å². The monoisotopic (exact) mass is 733 g/mol. The first-order valence-electron chi connectivity index (χ1n) is 19.3. The number of unbranched alkanes of at least 4 members (excludes halogenated alkanes) is 10. The van der Waals surface area contributed by atoms with Crippen LogP contribution in [0.5, 0.6) is 11.5 Å². The van der Waals surface area contributed by atoms with Crippen LogP contribution in [0.2, 0.25) is 38.8 Å². The summed E-state index contributed by atoms with van der Waals surface area (Å²) in [6.45, 7) is 15.5. The molecule has 0 heterocycles. The quantitative estimate of drug-likeness (QED) is 0.0227. The van der Waals surface area contributed by atoms with Gasteiger partial charge in [0, 0.05) is 6.07 Å². The fourth-order valence-electron chi connectivity index (χ4n) is 6.58. The molecule has 3 rings (SSSR count). The fourth-order valence-corrected chi connectivity index (χ4v) is 14.7. The maximum Gasteiger partial charge on any atom is 0.343 e. The van der Waals surface area contributed by atoms with Crippen LogP contribution in [0.3, 0.4) is 0 Å². The predicted molar refractivity (Wildman–Crippen MR) is 216 cm³/mol. The topological polar surface area (TPSA) is 87.9 Å². The first-order chi connectivity index (χ1) is 24.3. The van der Waals surface area contributed by atoms with E-state index >= 15 is 0 Å². The van der Waals surface area contributed by atoms with Crippen LogP contribution in [-0.4, -0.2) is 33.6 Å². The Morgan fingerprint density at radius 2 is 1.33 bits per heavy atom. The molecule has 7 nitrogen and oxygen atoms in total. The molecule has 0 aliphatic carbocycles. The molecule has 0 spiro atoms. The molecule has 0 saturated carbocycles. The Balaban J connectivity index is 1.46. The highest BCUT2D eigenvalue weighted by Gasteiger charge is 2.29. The number of hydrogen-bond acceptors (Lipinski definition) is 6. The zero-order valence-electron chi connectivity index (χ0n) is 32.4. The second-order valence-electron chi connectivity index (χ2n) is 15.6. The molecule has 0 fully saturated rings. The van der Waals surface area contributed by atoms with E-state index in [0.717, 1.165) is 37.3 Å². The molecule has 3 aromatic rings. The number of carbonyl (C=O) groups is 1. The van der Waals surface area contributed by atoms with Gasteiger partial charge in [0.25, 0.3) is 0 Å². The molecule has 0 amide bonds. The fraction of sp³-hybridized carbons (Fsp3) is 0.548. The van der Waals surface area contributed by atoms with Gasteiger partial charge in [-0.25, -0.2) is 4.79 Å². The van der Waals surface area contributed by atoms with Crippen LogP contribution in [0.25, 0.3) is 11.1 Å². The number of nitrogens with zero attached hydrogens (tertiary/aromatic N) is 1. The van der Waals surface area contributed by atoms with E-state index in [9.17, 15) is 14.9 Å². The van der Waals surface area contributed by atoms with Crippen LogP contribution in [0, 0.1) is 10.1 Å². The summed E-state index contributed by atoms with van der Waals surface area (Å²) >= 11 is 0. The van der Waals surface area contributed by atoms with Crippen molar-refractivity contribution in [2.45, 2.75) is 149 Å². The Kier molecular flexibility index (Phi) is 17.6. The van der Waals surface area contributed by atoms with Gasteiger partial charge in [-0.2, -0.15) is 0 Å². The van der Waals surface area contributed by atoms with Gasteiger partial charge in [0.2, 0.25) is 0 Å². The van der Waals surface area contributed by atoms with Crippen molar-refractivity contribution in [3.8, 4) is 22.6 Å². The van der Waals surface area contributed by atoms with Crippen molar-refractivity contribution in [2.24, 2.45) is 0 Å². The highest BCUT2D eigenvalue weighted by Crippen LogP contribution is 2.34. The largest absolute Gasteiger partial charge is 0.484 e. The minimum absolute atomic E-state index is 0.0662. The van der Waals surface area contributed by atoms with Gasteiger partial charge in [-0.1, -0.05) is 101 Å². The van der Waals surface area contributed by atoms with Gasteiger partial charge in [-0.3, -0.25) is 10.1 Å². The summed E-state index contributed by atoms with van der Waals surface area (Å²) in [4.78, 5) is 24.4. The van der Waals surface area contributed by atoms with E-state index in [1.54, 1.807) is 36.4 Å². The van der Waals surface area contributed by atoms with Crippen LogP contribution in [0.4, 0.5) is 5.69 Å². The van der Waals surface area contributed by atoms with Crippen molar-refractivity contribution in [1.29, 1.82) is 0 Å². The van der Waals surface area contributed by atoms with Gasteiger partial charge in [-0.05, 0) is 118 Å². The Bertz CT molecular complexity index is 1480. The molecule has 51 heavy (non-hydrogen) atoms. The number of aryl methyl sites for hydroxylation is 1. The summed E-state index contributed by atoms with van der Waals surface area (Å²) in [6, 6.07) is 20.9. The average molecular weight is 734 g/mol.